The van der Waals surface area contributed by atoms with E-state index in [1.165, 1.54) is 37.1 Å². The predicted octanol–water partition coefficient (Wildman–Crippen LogP) is 15.7. The van der Waals surface area contributed by atoms with Crippen molar-refractivity contribution in [3.05, 3.63) is 77.3 Å². The molecule has 0 bridgehead atoms. The van der Waals surface area contributed by atoms with E-state index in [2.05, 4.69) is 98.3 Å². The number of ether oxygens (including phenoxy) is 8. The van der Waals surface area contributed by atoms with Crippen LogP contribution in [0.2, 0.25) is 0 Å². The molecule has 3 aromatic rings. The number of likely N-dealkylation sites (tertiary alicyclic amines) is 5. The molecule has 0 radical (unpaired) electrons. The van der Waals surface area contributed by atoms with Crippen molar-refractivity contribution in [2.24, 2.45) is 35.5 Å². The number of aliphatic hydroxyl groups is 2. The summed E-state index contributed by atoms with van der Waals surface area (Å²) in [6.07, 6.45) is 16.1. The second-order valence-electron chi connectivity index (χ2n) is 32.1. The van der Waals surface area contributed by atoms with Crippen LogP contribution in [0.15, 0.2) is 77.3 Å². The molecule has 0 aromatic heterocycles. The Labute approximate surface area is 674 Å². The average molecular weight is 1620 g/mol. The van der Waals surface area contributed by atoms with Gasteiger partial charge in [-0.1, -0.05) is 36.2 Å². The van der Waals surface area contributed by atoms with Crippen LogP contribution in [0.5, 0.6) is 17.2 Å². The lowest BCUT2D eigenvalue weighted by Gasteiger charge is -2.35. The third-order valence-electron chi connectivity index (χ3n) is 21.4. The molecular formula is C86H142BrN9O15. The third-order valence-corrected chi connectivity index (χ3v) is 22.0. The predicted molar refractivity (Wildman–Crippen MR) is 444 cm³/mol. The molecule has 628 valence electrons. The topological polar surface area (TPSA) is 238 Å². The second kappa shape index (κ2) is 51.9. The molecule has 0 unspecified atom stereocenters. The number of benzene rings is 3. The number of nitrogens with one attached hydrogen (secondary N) is 1. The Morgan fingerprint density at radius 1 is 0.360 bits per heavy atom. The lowest BCUT2D eigenvalue weighted by atomic mass is 9.95. The molecule has 3 aromatic carbocycles. The van der Waals surface area contributed by atoms with Gasteiger partial charge in [-0.15, -0.1) is 0 Å². The van der Waals surface area contributed by atoms with Gasteiger partial charge < -0.3 is 92.6 Å². The number of hydrogen-bond acceptors (Lipinski definition) is 19. The zero-order valence-electron chi connectivity index (χ0n) is 69.7. The van der Waals surface area contributed by atoms with Crippen molar-refractivity contribution in [2.75, 3.05) is 167 Å². The van der Waals surface area contributed by atoms with Crippen molar-refractivity contribution in [3.8, 4) is 17.2 Å². The molecule has 8 fully saturated rings. The fourth-order valence-corrected chi connectivity index (χ4v) is 14.5. The zero-order valence-corrected chi connectivity index (χ0v) is 71.3. The lowest BCUT2D eigenvalue weighted by Crippen LogP contribution is -2.46. The van der Waals surface area contributed by atoms with Crippen molar-refractivity contribution in [3.63, 3.8) is 0 Å². The van der Waals surface area contributed by atoms with Crippen molar-refractivity contribution < 1.29 is 72.1 Å². The van der Waals surface area contributed by atoms with Gasteiger partial charge in [0.25, 0.3) is 0 Å². The summed E-state index contributed by atoms with van der Waals surface area (Å²) in [5.74, 6) is 5.99. The van der Waals surface area contributed by atoms with Crippen molar-refractivity contribution in [1.29, 1.82) is 0 Å². The molecule has 3 N–H and O–H groups in total. The highest BCUT2D eigenvalue weighted by atomic mass is 79.9. The lowest BCUT2D eigenvalue weighted by molar-refractivity contribution is 0.0589. The van der Waals surface area contributed by atoms with Gasteiger partial charge in [0.1, 0.15) is 17.2 Å². The van der Waals surface area contributed by atoms with Gasteiger partial charge in [-0.05, 0) is 293 Å². The van der Waals surface area contributed by atoms with Crippen LogP contribution in [-0.4, -0.2) is 258 Å². The fourth-order valence-electron chi connectivity index (χ4n) is 14.3. The molecule has 0 aliphatic carbocycles. The number of hydrogen-bond donors (Lipinski definition) is 3. The van der Waals surface area contributed by atoms with E-state index in [9.17, 15) is 24.0 Å². The van der Waals surface area contributed by atoms with Crippen LogP contribution >= 0.6 is 15.9 Å². The first kappa shape index (κ1) is 93.2. The van der Waals surface area contributed by atoms with E-state index in [0.29, 0.717) is 62.5 Å². The van der Waals surface area contributed by atoms with Crippen LogP contribution in [-0.2, 0) is 23.7 Å². The molecule has 8 saturated heterocycles. The minimum Gasteiger partial charge on any atom is -0.493 e. The molecular weight excluding hydrogens is 1480 g/mol. The summed E-state index contributed by atoms with van der Waals surface area (Å²) >= 11 is 3.41. The minimum absolute atomic E-state index is 0.00796. The van der Waals surface area contributed by atoms with Gasteiger partial charge in [0.05, 0.1) is 50.3 Å². The number of piperazine rings is 1. The first-order chi connectivity index (χ1) is 53.4. The van der Waals surface area contributed by atoms with Crippen LogP contribution < -0.4 is 29.3 Å². The summed E-state index contributed by atoms with van der Waals surface area (Å²) in [5, 5.41) is 20.8. The Bertz CT molecular complexity index is 2960. The van der Waals surface area contributed by atoms with Gasteiger partial charge in [-0.3, -0.25) is 0 Å². The second-order valence-corrected chi connectivity index (χ2v) is 33.0. The number of aliphatic hydroxyl groups excluding tert-OH is 2. The van der Waals surface area contributed by atoms with Crippen molar-refractivity contribution in [2.45, 2.75) is 216 Å². The molecule has 5 amide bonds. The van der Waals surface area contributed by atoms with Crippen LogP contribution in [0.3, 0.4) is 0 Å². The van der Waals surface area contributed by atoms with Crippen LogP contribution in [0.1, 0.15) is 186 Å². The van der Waals surface area contributed by atoms with Gasteiger partial charge in [-0.25, -0.2) is 24.0 Å². The van der Waals surface area contributed by atoms with Crippen LogP contribution in [0.4, 0.5) is 35.3 Å². The molecule has 11 rings (SSSR count). The Hall–Kier alpha value is -6.67. The number of nitrogens with zero attached hydrogens (tertiary/aromatic N) is 8. The van der Waals surface area contributed by atoms with Gasteiger partial charge in [-0.2, -0.15) is 0 Å². The molecule has 0 saturated carbocycles. The van der Waals surface area contributed by atoms with Crippen molar-refractivity contribution in [1.82, 2.24) is 34.7 Å². The molecule has 8 aliphatic heterocycles. The summed E-state index contributed by atoms with van der Waals surface area (Å²) in [6, 6.07) is 24.9. The molecule has 8 heterocycles. The van der Waals surface area contributed by atoms with Gasteiger partial charge >= 0.3 is 30.5 Å². The number of amides is 5. The molecule has 0 atom stereocenters. The molecule has 8 aliphatic rings. The fraction of sp³-hybridized carbons (Fsp3) is 0.733. The number of carbonyl (C=O) groups is 5. The van der Waals surface area contributed by atoms with Gasteiger partial charge in [0.2, 0.25) is 0 Å². The maximum Gasteiger partial charge on any atom is 0.410 e. The number of anilines is 2. The van der Waals surface area contributed by atoms with E-state index in [1.807, 2.05) is 108 Å². The number of carbonyl (C=O) groups excluding carboxylic acids is 5. The first-order valence-corrected chi connectivity index (χ1v) is 43.0. The van der Waals surface area contributed by atoms with E-state index in [0.717, 1.165) is 223 Å². The van der Waals surface area contributed by atoms with Gasteiger partial charge in [0, 0.05) is 134 Å². The smallest absolute Gasteiger partial charge is 0.410 e. The SMILES string of the molecule is CC(C)OC(=O)N1CCC(CO)CC1.CC(C)OC(=O)N1CCC(COc2ccc(Br)cc2)CC1.CC(C)OC(=O)N1CCC(COc2ccc(N3CCCCC3)cc2)CC1.CCC1CCN(C(=O)OC(C)C)CC1.CCN1CCN(c2ccc(OCC3CCN(C(=O)OC(C)C)CC3)cc2)CC1.OCC1CCNCC1. The van der Waals surface area contributed by atoms with Gasteiger partial charge in [0.15, 0.2) is 0 Å². The maximum atomic E-state index is 12.0. The molecule has 0 spiro atoms. The average Bonchev–Trinajstić information content (AvgIpc) is 0.854. The monoisotopic (exact) mass is 1620 g/mol. The Kier molecular flexibility index (Phi) is 43.6. The Morgan fingerprint density at radius 3 is 0.901 bits per heavy atom. The van der Waals surface area contributed by atoms with E-state index in [-0.39, 0.29) is 67.6 Å². The standard InChI is InChI=1S/C22H35N3O3.C21H32N2O3.C16H22BrNO3.C11H21NO2.C10H19NO3.C6H13NO/c1-4-23-13-15-24(16-14-23)20-5-7-21(8-6-20)27-17-19-9-11-25(12-10-19)22(26)28-18(2)3;1-17(2)26-21(24)23-14-10-18(11-15-23)16-25-20-8-6-19(7-9-20)22-12-4-3-5-13-22;1-12(2)21-16(19)18-9-7-13(8-10-18)11-20-15-5-3-14(17)4-6-15;1-4-10-5-7-12(8-6-10)11(13)14-9(2)3;1-8(2)14-10(13)11-5-3-9(7-12)4-6-11;8-5-6-1-3-7-4-2-6/h5-8,18-19H,4,9-17H2,1-3H3;6-9,17-18H,3-5,10-16H2,1-2H3;3-6,12-13H,7-11H2,1-2H3;9-10H,4-8H2,1-3H3;8-9,12H,3-7H2,1-2H3;6-8H,1-5H2. The van der Waals surface area contributed by atoms with E-state index >= 15 is 0 Å². The molecule has 111 heavy (non-hydrogen) atoms. The summed E-state index contributed by atoms with van der Waals surface area (Å²) in [7, 11) is 0. The Balaban J connectivity index is 0.000000216. The number of likely N-dealkylation sites (N-methyl/N-ethyl adjacent to an activating group) is 1. The van der Waals surface area contributed by atoms with Crippen molar-refractivity contribution >= 4 is 57.8 Å². The highest BCUT2D eigenvalue weighted by molar-refractivity contribution is 9.10. The summed E-state index contributed by atoms with van der Waals surface area (Å²) in [4.78, 5) is 75.0. The van der Waals surface area contributed by atoms with E-state index in [4.69, 9.17) is 48.1 Å². The number of rotatable bonds is 20. The molecule has 24 nitrogen and oxygen atoms in total. The molecule has 25 heteroatoms. The zero-order chi connectivity index (χ0) is 80.5. The van der Waals surface area contributed by atoms with E-state index in [1.54, 1.807) is 9.80 Å². The highest BCUT2D eigenvalue weighted by Gasteiger charge is 2.30. The minimum atomic E-state index is -0.226. The van der Waals surface area contributed by atoms with E-state index < -0.39 is 0 Å². The highest BCUT2D eigenvalue weighted by Crippen LogP contribution is 2.29. The van der Waals surface area contributed by atoms with Crippen LogP contribution in [0.25, 0.3) is 0 Å². The summed E-state index contributed by atoms with van der Waals surface area (Å²) < 4.78 is 44.9. The third kappa shape index (κ3) is 36.6. The number of piperidine rings is 7. The first-order valence-electron chi connectivity index (χ1n) is 42.2. The largest absolute Gasteiger partial charge is 0.493 e. The summed E-state index contributed by atoms with van der Waals surface area (Å²) in [5.41, 5.74) is 2.58. The number of halogens is 1. The summed E-state index contributed by atoms with van der Waals surface area (Å²) in [6.45, 7) is 43.7. The maximum absolute atomic E-state index is 12.0. The normalized spacial score (nSPS) is 18.7. The van der Waals surface area contributed by atoms with Crippen LogP contribution in [0, 0.1) is 35.5 Å². The Morgan fingerprint density at radius 2 is 0.631 bits per heavy atom. The quantitative estimate of drug-likeness (QED) is 0.0891.